The summed E-state index contributed by atoms with van der Waals surface area (Å²) in [7, 11) is 1.67. The Labute approximate surface area is 125 Å². The highest BCUT2D eigenvalue weighted by Gasteiger charge is 2.34. The fraction of sp³-hybridized carbons (Fsp3) is 0.250. The van der Waals surface area contributed by atoms with Crippen LogP contribution in [0.2, 0.25) is 0 Å². The average molecular weight is 291 g/mol. The quantitative estimate of drug-likeness (QED) is 0.903. The Balaban J connectivity index is 0.00000147. The van der Waals surface area contributed by atoms with E-state index in [1.807, 2.05) is 24.3 Å². The van der Waals surface area contributed by atoms with E-state index >= 15 is 0 Å². The van der Waals surface area contributed by atoms with E-state index in [2.05, 4.69) is 29.6 Å². The lowest BCUT2D eigenvalue weighted by Crippen LogP contribution is -2.00. The van der Waals surface area contributed by atoms with E-state index < -0.39 is 0 Å². The second-order valence-electron chi connectivity index (χ2n) is 4.99. The molecule has 0 unspecified atom stereocenters. The first-order valence-corrected chi connectivity index (χ1v) is 6.53. The van der Waals surface area contributed by atoms with Crippen molar-refractivity contribution >= 4 is 23.8 Å². The van der Waals surface area contributed by atoms with E-state index in [-0.39, 0.29) is 12.4 Å². The van der Waals surface area contributed by atoms with Crippen molar-refractivity contribution in [3.05, 3.63) is 54.1 Å². The average Bonchev–Trinajstić information content (AvgIpc) is 3.17. The summed E-state index contributed by atoms with van der Waals surface area (Å²) >= 11 is 0. The van der Waals surface area contributed by atoms with E-state index in [4.69, 9.17) is 10.5 Å². The zero-order chi connectivity index (χ0) is 13.2. The Hall–Kier alpha value is -1.71. The highest BCUT2D eigenvalue weighted by Crippen LogP contribution is 2.39. The summed E-state index contributed by atoms with van der Waals surface area (Å²) in [6.45, 7) is 0. The summed E-state index contributed by atoms with van der Waals surface area (Å²) in [6.07, 6.45) is 1.11. The van der Waals surface area contributed by atoms with Crippen LogP contribution in [-0.2, 0) is 0 Å². The van der Waals surface area contributed by atoms with Crippen LogP contribution in [0.25, 0.3) is 0 Å². The predicted octanol–water partition coefficient (Wildman–Crippen LogP) is 3.68. The Kier molecular flexibility index (Phi) is 4.53. The molecule has 3 rings (SSSR count). The zero-order valence-electron chi connectivity index (χ0n) is 11.4. The lowest BCUT2D eigenvalue weighted by molar-refractivity contribution is 0.415. The van der Waals surface area contributed by atoms with Crippen LogP contribution in [0.5, 0.6) is 5.75 Å². The first kappa shape index (κ1) is 14.7. The summed E-state index contributed by atoms with van der Waals surface area (Å²) in [6, 6.07) is 16.8. The molecular formula is C16H19ClN2O. The largest absolute Gasteiger partial charge is 0.497 e. The van der Waals surface area contributed by atoms with Crippen molar-refractivity contribution in [2.75, 3.05) is 12.4 Å². The van der Waals surface area contributed by atoms with Crippen LogP contribution >= 0.6 is 12.4 Å². The van der Waals surface area contributed by atoms with E-state index in [1.165, 1.54) is 5.56 Å². The van der Waals surface area contributed by atoms with Crippen LogP contribution in [0.3, 0.4) is 0 Å². The minimum atomic E-state index is 0. The van der Waals surface area contributed by atoms with Crippen molar-refractivity contribution in [1.82, 2.24) is 0 Å². The molecule has 20 heavy (non-hydrogen) atoms. The van der Waals surface area contributed by atoms with Crippen LogP contribution in [0.15, 0.2) is 48.5 Å². The molecule has 1 aliphatic carbocycles. The van der Waals surface area contributed by atoms with E-state index in [0.29, 0.717) is 12.0 Å². The summed E-state index contributed by atoms with van der Waals surface area (Å²) < 4.78 is 5.21. The molecule has 4 heteroatoms. The molecule has 1 aliphatic rings. The summed E-state index contributed by atoms with van der Waals surface area (Å²) in [5.41, 5.74) is 9.30. The second kappa shape index (κ2) is 6.16. The first-order valence-electron chi connectivity index (χ1n) is 6.53. The second-order valence-corrected chi connectivity index (χ2v) is 4.99. The van der Waals surface area contributed by atoms with Crippen molar-refractivity contribution in [2.45, 2.75) is 18.4 Å². The van der Waals surface area contributed by atoms with Crippen LogP contribution in [0, 0.1) is 0 Å². The fourth-order valence-corrected chi connectivity index (χ4v) is 2.28. The normalized spacial score (nSPS) is 19.9. The van der Waals surface area contributed by atoms with Crippen molar-refractivity contribution in [2.24, 2.45) is 5.73 Å². The number of benzene rings is 2. The molecule has 3 N–H and O–H groups in total. The van der Waals surface area contributed by atoms with Gasteiger partial charge < -0.3 is 15.8 Å². The number of halogens is 1. The van der Waals surface area contributed by atoms with Gasteiger partial charge in [0.25, 0.3) is 0 Å². The molecule has 2 atom stereocenters. The molecule has 0 aromatic heterocycles. The molecule has 2 aromatic rings. The monoisotopic (exact) mass is 290 g/mol. The van der Waals surface area contributed by atoms with Crippen molar-refractivity contribution in [3.8, 4) is 5.75 Å². The maximum Gasteiger partial charge on any atom is 0.120 e. The first-order chi connectivity index (χ1) is 9.26. The standard InChI is InChI=1S/C16H18N2O.ClH/c1-19-14-4-2-3-13(9-14)18-12-7-5-11(6-8-12)15-10-16(15)17;/h2-9,15-16,18H,10,17H2,1H3;1H/t15-,16+;/m0./s1. The number of anilines is 2. The molecule has 3 nitrogen and oxygen atoms in total. The van der Waals surface area contributed by atoms with Crippen LogP contribution < -0.4 is 15.8 Å². The Bertz CT molecular complexity index is 571. The highest BCUT2D eigenvalue weighted by atomic mass is 35.5. The van der Waals surface area contributed by atoms with Gasteiger partial charge in [-0.3, -0.25) is 0 Å². The lowest BCUT2D eigenvalue weighted by Gasteiger charge is -2.09. The van der Waals surface area contributed by atoms with Crippen molar-refractivity contribution < 1.29 is 4.74 Å². The van der Waals surface area contributed by atoms with Gasteiger partial charge in [-0.1, -0.05) is 18.2 Å². The molecule has 2 aromatic carbocycles. The minimum absolute atomic E-state index is 0. The summed E-state index contributed by atoms with van der Waals surface area (Å²) in [5, 5.41) is 3.37. The van der Waals surface area contributed by atoms with Gasteiger partial charge in [0, 0.05) is 29.4 Å². The number of rotatable bonds is 4. The molecule has 0 amide bonds. The van der Waals surface area contributed by atoms with Gasteiger partial charge in [0.15, 0.2) is 0 Å². The van der Waals surface area contributed by atoms with Gasteiger partial charge >= 0.3 is 0 Å². The maximum atomic E-state index is 5.86. The van der Waals surface area contributed by atoms with Gasteiger partial charge in [-0.25, -0.2) is 0 Å². The van der Waals surface area contributed by atoms with E-state index in [9.17, 15) is 0 Å². The zero-order valence-corrected chi connectivity index (χ0v) is 12.2. The molecule has 1 fully saturated rings. The van der Waals surface area contributed by atoms with Gasteiger partial charge in [0.05, 0.1) is 7.11 Å². The Morgan fingerprint density at radius 3 is 2.40 bits per heavy atom. The molecule has 106 valence electrons. The predicted molar refractivity (Wildman–Crippen MR) is 85.3 cm³/mol. The molecule has 0 saturated heterocycles. The number of hydrogen-bond donors (Lipinski definition) is 2. The molecule has 0 aliphatic heterocycles. The van der Waals surface area contributed by atoms with Gasteiger partial charge in [-0.05, 0) is 36.2 Å². The van der Waals surface area contributed by atoms with Gasteiger partial charge in [0.2, 0.25) is 0 Å². The third-order valence-electron chi connectivity index (χ3n) is 3.54. The van der Waals surface area contributed by atoms with E-state index in [1.54, 1.807) is 7.11 Å². The fourth-order valence-electron chi connectivity index (χ4n) is 2.28. The molecule has 0 spiro atoms. The Morgan fingerprint density at radius 2 is 1.80 bits per heavy atom. The third-order valence-corrected chi connectivity index (χ3v) is 3.54. The smallest absolute Gasteiger partial charge is 0.120 e. The molecule has 0 heterocycles. The van der Waals surface area contributed by atoms with Crippen LogP contribution in [0.1, 0.15) is 17.9 Å². The maximum absolute atomic E-state index is 5.86. The Morgan fingerprint density at radius 1 is 1.10 bits per heavy atom. The number of nitrogens with one attached hydrogen (secondary N) is 1. The number of methoxy groups -OCH3 is 1. The topological polar surface area (TPSA) is 47.3 Å². The minimum Gasteiger partial charge on any atom is -0.497 e. The van der Waals surface area contributed by atoms with Crippen molar-refractivity contribution in [1.29, 1.82) is 0 Å². The molecule has 0 radical (unpaired) electrons. The molecule has 1 saturated carbocycles. The van der Waals surface area contributed by atoms with E-state index in [0.717, 1.165) is 23.5 Å². The van der Waals surface area contributed by atoms with Gasteiger partial charge in [0.1, 0.15) is 5.75 Å². The van der Waals surface area contributed by atoms with Crippen molar-refractivity contribution in [3.63, 3.8) is 0 Å². The van der Waals surface area contributed by atoms with Crippen LogP contribution in [0.4, 0.5) is 11.4 Å². The highest BCUT2D eigenvalue weighted by molar-refractivity contribution is 5.85. The van der Waals surface area contributed by atoms with Gasteiger partial charge in [-0.2, -0.15) is 0 Å². The molecular weight excluding hydrogens is 272 g/mol. The summed E-state index contributed by atoms with van der Waals surface area (Å²) in [5.74, 6) is 1.41. The molecule has 0 bridgehead atoms. The third kappa shape index (κ3) is 3.24. The lowest BCUT2D eigenvalue weighted by atomic mass is 10.1. The number of nitrogens with two attached hydrogens (primary N) is 1. The SMILES string of the molecule is COc1cccc(Nc2ccc([C@@H]3C[C@H]3N)cc2)c1.Cl. The van der Waals surface area contributed by atoms with Gasteiger partial charge in [-0.15, -0.1) is 12.4 Å². The number of ether oxygens (including phenoxy) is 1. The number of hydrogen-bond acceptors (Lipinski definition) is 3. The van der Waals surface area contributed by atoms with Crippen LogP contribution in [-0.4, -0.2) is 13.2 Å². The summed E-state index contributed by atoms with van der Waals surface area (Å²) in [4.78, 5) is 0.